The van der Waals surface area contributed by atoms with Crippen LogP contribution in [-0.2, 0) is 16.8 Å². The number of carbonyl (C=O) groups is 1. The van der Waals surface area contributed by atoms with Crippen LogP contribution in [0.5, 0.6) is 0 Å². The van der Waals surface area contributed by atoms with Crippen LogP contribution in [0.25, 0.3) is 0 Å². The lowest BCUT2D eigenvalue weighted by Gasteiger charge is -2.29. The van der Waals surface area contributed by atoms with Crippen LogP contribution in [0, 0.1) is 0 Å². The molecule has 0 radical (unpaired) electrons. The van der Waals surface area contributed by atoms with Gasteiger partial charge >= 0.3 is 0 Å². The molecule has 1 unspecified atom stereocenters. The Labute approximate surface area is 124 Å². The van der Waals surface area contributed by atoms with Crippen molar-refractivity contribution in [1.82, 2.24) is 10.3 Å². The quantitative estimate of drug-likeness (QED) is 0.853. The Kier molecular flexibility index (Phi) is 5.06. The number of aliphatic hydroxyl groups is 1. The summed E-state index contributed by atoms with van der Waals surface area (Å²) in [6.45, 7) is 1.67. The van der Waals surface area contributed by atoms with Crippen molar-refractivity contribution in [3.8, 4) is 0 Å². The van der Waals surface area contributed by atoms with E-state index >= 15 is 0 Å². The van der Waals surface area contributed by atoms with E-state index in [2.05, 4.69) is 10.3 Å². The van der Waals surface area contributed by atoms with E-state index in [9.17, 15) is 9.90 Å². The number of nitrogens with one attached hydrogen (secondary N) is 1. The zero-order valence-corrected chi connectivity index (χ0v) is 12.1. The van der Waals surface area contributed by atoms with Gasteiger partial charge in [0.1, 0.15) is 0 Å². The molecule has 0 aliphatic carbocycles. The van der Waals surface area contributed by atoms with Gasteiger partial charge in [0.2, 0.25) is 5.91 Å². The fourth-order valence-corrected chi connectivity index (χ4v) is 2.17. The molecule has 21 heavy (non-hydrogen) atoms. The molecule has 4 nitrogen and oxygen atoms in total. The Hall–Kier alpha value is -2.20. The summed E-state index contributed by atoms with van der Waals surface area (Å²) in [6.07, 6.45) is 2.65. The SMILES string of the molecule is CC(CO)(NC(=O)CCc1ccccn1)c1ccccc1. The fourth-order valence-electron chi connectivity index (χ4n) is 2.17. The zero-order chi connectivity index (χ0) is 15.1. The van der Waals surface area contributed by atoms with Crippen LogP contribution in [0.1, 0.15) is 24.6 Å². The predicted molar refractivity (Wildman–Crippen MR) is 81.6 cm³/mol. The van der Waals surface area contributed by atoms with Gasteiger partial charge in [0.05, 0.1) is 12.1 Å². The maximum Gasteiger partial charge on any atom is 0.221 e. The maximum absolute atomic E-state index is 12.1. The van der Waals surface area contributed by atoms with E-state index in [4.69, 9.17) is 0 Å². The van der Waals surface area contributed by atoms with Crippen molar-refractivity contribution >= 4 is 5.91 Å². The topological polar surface area (TPSA) is 62.2 Å². The summed E-state index contributed by atoms with van der Waals surface area (Å²) in [7, 11) is 0. The molecule has 0 aliphatic heterocycles. The highest BCUT2D eigenvalue weighted by molar-refractivity contribution is 5.77. The molecule has 0 aliphatic rings. The Bertz CT molecular complexity index is 572. The minimum atomic E-state index is -0.761. The number of pyridine rings is 1. The minimum absolute atomic E-state index is 0.0962. The zero-order valence-electron chi connectivity index (χ0n) is 12.1. The van der Waals surface area contributed by atoms with Gasteiger partial charge in [-0.3, -0.25) is 9.78 Å². The summed E-state index contributed by atoms with van der Waals surface area (Å²) in [5.74, 6) is -0.0962. The lowest BCUT2D eigenvalue weighted by Crippen LogP contribution is -2.46. The van der Waals surface area contributed by atoms with E-state index in [0.717, 1.165) is 11.3 Å². The third kappa shape index (κ3) is 4.13. The van der Waals surface area contributed by atoms with Crippen LogP contribution in [0.2, 0.25) is 0 Å². The number of benzene rings is 1. The number of hydrogen-bond donors (Lipinski definition) is 2. The van der Waals surface area contributed by atoms with Crippen molar-refractivity contribution in [3.63, 3.8) is 0 Å². The smallest absolute Gasteiger partial charge is 0.221 e. The van der Waals surface area contributed by atoms with Gasteiger partial charge < -0.3 is 10.4 Å². The molecule has 2 aromatic rings. The van der Waals surface area contributed by atoms with Gasteiger partial charge in [0, 0.05) is 18.3 Å². The highest BCUT2D eigenvalue weighted by Crippen LogP contribution is 2.20. The third-order valence-electron chi connectivity index (χ3n) is 3.48. The highest BCUT2D eigenvalue weighted by Gasteiger charge is 2.27. The summed E-state index contributed by atoms with van der Waals surface area (Å²) in [6, 6.07) is 15.1. The number of hydrogen-bond acceptors (Lipinski definition) is 3. The maximum atomic E-state index is 12.1. The van der Waals surface area contributed by atoms with Crippen LogP contribution in [0.15, 0.2) is 54.7 Å². The lowest BCUT2D eigenvalue weighted by molar-refractivity contribution is -0.123. The molecule has 4 heteroatoms. The molecular formula is C17H20N2O2. The average Bonchev–Trinajstić information content (AvgIpc) is 2.54. The Balaban J connectivity index is 1.97. The Morgan fingerprint density at radius 3 is 2.52 bits per heavy atom. The van der Waals surface area contributed by atoms with Gasteiger partial charge in [-0.1, -0.05) is 36.4 Å². The highest BCUT2D eigenvalue weighted by atomic mass is 16.3. The van der Waals surface area contributed by atoms with E-state index < -0.39 is 5.54 Å². The van der Waals surface area contributed by atoms with Crippen molar-refractivity contribution < 1.29 is 9.90 Å². The van der Waals surface area contributed by atoms with Gasteiger partial charge in [-0.25, -0.2) is 0 Å². The second-order valence-corrected chi connectivity index (χ2v) is 5.23. The van der Waals surface area contributed by atoms with Crippen molar-refractivity contribution in [3.05, 3.63) is 66.0 Å². The molecule has 0 spiro atoms. The van der Waals surface area contributed by atoms with E-state index in [1.165, 1.54) is 0 Å². The monoisotopic (exact) mass is 284 g/mol. The van der Waals surface area contributed by atoms with Gasteiger partial charge in [0.25, 0.3) is 0 Å². The first-order chi connectivity index (χ1) is 10.1. The minimum Gasteiger partial charge on any atom is -0.394 e. The van der Waals surface area contributed by atoms with E-state index in [0.29, 0.717) is 12.8 Å². The first kappa shape index (κ1) is 15.2. The first-order valence-electron chi connectivity index (χ1n) is 7.01. The predicted octanol–water partition coefficient (Wildman–Crippen LogP) is 2.04. The molecule has 2 N–H and O–H groups in total. The summed E-state index contributed by atoms with van der Waals surface area (Å²) in [4.78, 5) is 16.3. The number of rotatable bonds is 6. The molecule has 1 amide bonds. The molecule has 0 fully saturated rings. The van der Waals surface area contributed by atoms with Crippen LogP contribution in [0.3, 0.4) is 0 Å². The summed E-state index contributed by atoms with van der Waals surface area (Å²) < 4.78 is 0. The fraction of sp³-hybridized carbons (Fsp3) is 0.294. The van der Waals surface area contributed by atoms with Crippen molar-refractivity contribution in [2.24, 2.45) is 0 Å². The first-order valence-corrected chi connectivity index (χ1v) is 7.01. The Morgan fingerprint density at radius 2 is 1.90 bits per heavy atom. The van der Waals surface area contributed by atoms with Gasteiger partial charge in [-0.2, -0.15) is 0 Å². The lowest BCUT2D eigenvalue weighted by atomic mass is 9.92. The van der Waals surface area contributed by atoms with Crippen LogP contribution in [-0.4, -0.2) is 22.6 Å². The average molecular weight is 284 g/mol. The van der Waals surface area contributed by atoms with E-state index in [1.54, 1.807) is 6.20 Å². The summed E-state index contributed by atoms with van der Waals surface area (Å²) >= 11 is 0. The third-order valence-corrected chi connectivity index (χ3v) is 3.48. The second kappa shape index (κ2) is 6.99. The second-order valence-electron chi connectivity index (χ2n) is 5.23. The molecular weight excluding hydrogens is 264 g/mol. The van der Waals surface area contributed by atoms with Gasteiger partial charge in [0.15, 0.2) is 0 Å². The number of carbonyl (C=O) groups excluding carboxylic acids is 1. The van der Waals surface area contributed by atoms with Gasteiger partial charge in [-0.05, 0) is 31.0 Å². The summed E-state index contributed by atoms with van der Waals surface area (Å²) in [5, 5.41) is 12.6. The Morgan fingerprint density at radius 1 is 1.19 bits per heavy atom. The molecule has 0 bridgehead atoms. The van der Waals surface area contributed by atoms with E-state index in [1.807, 2.05) is 55.5 Å². The molecule has 110 valence electrons. The standard InChI is InChI=1S/C17H20N2O2/c1-17(13-20,14-7-3-2-4-8-14)19-16(21)11-10-15-9-5-6-12-18-15/h2-9,12,20H,10-11,13H2,1H3,(H,19,21). The largest absolute Gasteiger partial charge is 0.394 e. The van der Waals surface area contributed by atoms with Crippen molar-refractivity contribution in [2.45, 2.75) is 25.3 Å². The van der Waals surface area contributed by atoms with Crippen LogP contribution < -0.4 is 5.32 Å². The number of aliphatic hydroxyl groups excluding tert-OH is 1. The molecule has 1 heterocycles. The van der Waals surface area contributed by atoms with Crippen LogP contribution >= 0.6 is 0 Å². The summed E-state index contributed by atoms with van der Waals surface area (Å²) in [5.41, 5.74) is 1.01. The molecule has 0 saturated heterocycles. The van der Waals surface area contributed by atoms with Crippen molar-refractivity contribution in [1.29, 1.82) is 0 Å². The van der Waals surface area contributed by atoms with Gasteiger partial charge in [-0.15, -0.1) is 0 Å². The number of amides is 1. The van der Waals surface area contributed by atoms with E-state index in [-0.39, 0.29) is 12.5 Å². The number of aryl methyl sites for hydroxylation is 1. The molecule has 2 rings (SSSR count). The van der Waals surface area contributed by atoms with Crippen molar-refractivity contribution in [2.75, 3.05) is 6.61 Å². The van der Waals surface area contributed by atoms with Crippen LogP contribution in [0.4, 0.5) is 0 Å². The molecule has 1 aromatic carbocycles. The molecule has 1 atom stereocenters. The molecule has 0 saturated carbocycles. The normalized spacial score (nSPS) is 13.4. The number of aromatic nitrogens is 1. The molecule has 1 aromatic heterocycles. The number of nitrogens with zero attached hydrogens (tertiary/aromatic N) is 1.